The lowest BCUT2D eigenvalue weighted by molar-refractivity contribution is 0.193. The second kappa shape index (κ2) is 7.91. The fourth-order valence-corrected chi connectivity index (χ4v) is 3.54. The molecule has 106 valence electrons. The molecular formula is C17H26ClN. The van der Waals surface area contributed by atoms with Crippen LogP contribution in [0.3, 0.4) is 0 Å². The van der Waals surface area contributed by atoms with Gasteiger partial charge in [0.05, 0.1) is 0 Å². The maximum absolute atomic E-state index is 6.44. The van der Waals surface area contributed by atoms with E-state index in [1.54, 1.807) is 0 Å². The molecule has 1 aliphatic rings. The van der Waals surface area contributed by atoms with Crippen molar-refractivity contribution in [2.24, 2.45) is 0 Å². The molecule has 2 unspecified atom stereocenters. The number of nitrogens with zero attached hydrogens (tertiary/aromatic N) is 1. The predicted octanol–water partition coefficient (Wildman–Crippen LogP) is 4.49. The summed E-state index contributed by atoms with van der Waals surface area (Å²) in [5, 5.41) is 0.368. The molecule has 0 spiro atoms. The van der Waals surface area contributed by atoms with Gasteiger partial charge in [-0.1, -0.05) is 43.2 Å². The monoisotopic (exact) mass is 279 g/mol. The fraction of sp³-hybridized carbons (Fsp3) is 0.647. The standard InChI is InChI=1S/C17H26ClN/c1-19(17-13-6-5-12-16(17)18)14-8-7-11-15-9-3-2-4-10-15/h2-4,9-10,16-17H,5-8,11-14H2,1H3. The third-order valence-corrected chi connectivity index (χ3v) is 4.79. The van der Waals surface area contributed by atoms with E-state index in [9.17, 15) is 0 Å². The van der Waals surface area contributed by atoms with Crippen LogP contribution in [0.25, 0.3) is 0 Å². The van der Waals surface area contributed by atoms with Crippen LogP contribution in [0.5, 0.6) is 0 Å². The average Bonchev–Trinajstić information content (AvgIpc) is 2.45. The fourth-order valence-electron chi connectivity index (χ4n) is 3.06. The molecule has 1 saturated carbocycles. The van der Waals surface area contributed by atoms with Gasteiger partial charge in [-0.25, -0.2) is 0 Å². The summed E-state index contributed by atoms with van der Waals surface area (Å²) in [6.07, 6.45) is 8.88. The quantitative estimate of drug-likeness (QED) is 0.548. The van der Waals surface area contributed by atoms with Gasteiger partial charge in [-0.15, -0.1) is 11.6 Å². The van der Waals surface area contributed by atoms with Crippen molar-refractivity contribution in [1.82, 2.24) is 4.90 Å². The highest BCUT2D eigenvalue weighted by atomic mass is 35.5. The molecule has 2 rings (SSSR count). The summed E-state index contributed by atoms with van der Waals surface area (Å²) in [5.74, 6) is 0. The van der Waals surface area contributed by atoms with Crippen LogP contribution in [0.2, 0.25) is 0 Å². The van der Waals surface area contributed by atoms with E-state index in [0.29, 0.717) is 11.4 Å². The Hall–Kier alpha value is -0.530. The number of halogens is 1. The molecular weight excluding hydrogens is 254 g/mol. The molecule has 0 aliphatic heterocycles. The van der Waals surface area contributed by atoms with Gasteiger partial charge < -0.3 is 4.90 Å². The molecule has 1 fully saturated rings. The van der Waals surface area contributed by atoms with Gasteiger partial charge in [-0.05, 0) is 51.3 Å². The molecule has 19 heavy (non-hydrogen) atoms. The van der Waals surface area contributed by atoms with Gasteiger partial charge in [-0.3, -0.25) is 0 Å². The molecule has 0 bridgehead atoms. The minimum absolute atomic E-state index is 0.368. The van der Waals surface area contributed by atoms with Crippen molar-refractivity contribution >= 4 is 11.6 Å². The lowest BCUT2D eigenvalue weighted by atomic mass is 9.93. The maximum atomic E-state index is 6.44. The molecule has 0 aromatic heterocycles. The number of hydrogen-bond acceptors (Lipinski definition) is 1. The maximum Gasteiger partial charge on any atom is 0.0491 e. The summed E-state index contributed by atoms with van der Waals surface area (Å²) >= 11 is 6.44. The zero-order valence-corrected chi connectivity index (χ0v) is 12.8. The zero-order valence-electron chi connectivity index (χ0n) is 12.0. The van der Waals surface area contributed by atoms with E-state index in [4.69, 9.17) is 11.6 Å². The van der Waals surface area contributed by atoms with Crippen molar-refractivity contribution in [3.05, 3.63) is 35.9 Å². The summed E-state index contributed by atoms with van der Waals surface area (Å²) in [4.78, 5) is 2.49. The van der Waals surface area contributed by atoms with Gasteiger partial charge in [0.25, 0.3) is 0 Å². The predicted molar refractivity (Wildman–Crippen MR) is 83.9 cm³/mol. The second-order valence-corrected chi connectivity index (χ2v) is 6.35. The van der Waals surface area contributed by atoms with Crippen LogP contribution in [0.4, 0.5) is 0 Å². The van der Waals surface area contributed by atoms with Gasteiger partial charge in [0.15, 0.2) is 0 Å². The zero-order chi connectivity index (χ0) is 13.5. The lowest BCUT2D eigenvalue weighted by Gasteiger charge is -2.34. The Morgan fingerprint density at radius 1 is 1.11 bits per heavy atom. The topological polar surface area (TPSA) is 3.24 Å². The van der Waals surface area contributed by atoms with Crippen LogP contribution >= 0.6 is 11.6 Å². The summed E-state index contributed by atoms with van der Waals surface area (Å²) in [5.41, 5.74) is 1.46. The smallest absolute Gasteiger partial charge is 0.0491 e. The van der Waals surface area contributed by atoms with Crippen LogP contribution in [-0.4, -0.2) is 29.9 Å². The van der Waals surface area contributed by atoms with Crippen molar-refractivity contribution in [2.75, 3.05) is 13.6 Å². The molecule has 0 heterocycles. The highest BCUT2D eigenvalue weighted by Crippen LogP contribution is 2.26. The van der Waals surface area contributed by atoms with Crippen molar-refractivity contribution in [3.63, 3.8) is 0 Å². The summed E-state index contributed by atoms with van der Waals surface area (Å²) in [6, 6.07) is 11.4. The third kappa shape index (κ3) is 4.81. The second-order valence-electron chi connectivity index (χ2n) is 5.79. The Balaban J connectivity index is 1.65. The number of rotatable bonds is 6. The minimum atomic E-state index is 0.368. The molecule has 0 saturated heterocycles. The Labute approximate surface area is 123 Å². The van der Waals surface area contributed by atoms with Gasteiger partial charge in [-0.2, -0.15) is 0 Å². The van der Waals surface area contributed by atoms with Gasteiger partial charge in [0.1, 0.15) is 0 Å². The largest absolute Gasteiger partial charge is 0.302 e. The van der Waals surface area contributed by atoms with E-state index < -0.39 is 0 Å². The first-order chi connectivity index (χ1) is 9.27. The van der Waals surface area contributed by atoms with Crippen molar-refractivity contribution in [2.45, 2.75) is 56.4 Å². The first kappa shape index (κ1) is 14.9. The van der Waals surface area contributed by atoms with Gasteiger partial charge in [0, 0.05) is 11.4 Å². The van der Waals surface area contributed by atoms with Crippen molar-refractivity contribution in [1.29, 1.82) is 0 Å². The van der Waals surface area contributed by atoms with E-state index in [-0.39, 0.29) is 0 Å². The van der Waals surface area contributed by atoms with E-state index >= 15 is 0 Å². The van der Waals surface area contributed by atoms with E-state index in [0.717, 1.165) is 0 Å². The van der Waals surface area contributed by atoms with Gasteiger partial charge >= 0.3 is 0 Å². The lowest BCUT2D eigenvalue weighted by Crippen LogP contribution is -2.41. The van der Waals surface area contributed by atoms with Crippen LogP contribution in [-0.2, 0) is 6.42 Å². The van der Waals surface area contributed by atoms with Crippen molar-refractivity contribution in [3.8, 4) is 0 Å². The number of hydrogen-bond donors (Lipinski definition) is 0. The van der Waals surface area contributed by atoms with Crippen LogP contribution in [0.15, 0.2) is 30.3 Å². The van der Waals surface area contributed by atoms with Crippen LogP contribution < -0.4 is 0 Å². The molecule has 2 heteroatoms. The number of benzene rings is 1. The van der Waals surface area contributed by atoms with E-state index in [1.165, 1.54) is 57.1 Å². The van der Waals surface area contributed by atoms with Crippen LogP contribution in [0.1, 0.15) is 44.1 Å². The summed E-state index contributed by atoms with van der Waals surface area (Å²) < 4.78 is 0. The van der Waals surface area contributed by atoms with E-state index in [2.05, 4.69) is 42.3 Å². The highest BCUT2D eigenvalue weighted by Gasteiger charge is 2.25. The first-order valence-electron chi connectivity index (χ1n) is 7.65. The summed E-state index contributed by atoms with van der Waals surface area (Å²) in [7, 11) is 2.24. The van der Waals surface area contributed by atoms with Gasteiger partial charge in [0.2, 0.25) is 0 Å². The van der Waals surface area contributed by atoms with Crippen molar-refractivity contribution < 1.29 is 0 Å². The molecule has 1 aliphatic carbocycles. The molecule has 1 nitrogen and oxygen atoms in total. The SMILES string of the molecule is CN(CCCCc1ccccc1)C1CCCCC1Cl. The normalized spacial score (nSPS) is 23.7. The Morgan fingerprint density at radius 3 is 2.58 bits per heavy atom. The first-order valence-corrected chi connectivity index (χ1v) is 8.09. The minimum Gasteiger partial charge on any atom is -0.302 e. The molecule has 1 aromatic rings. The average molecular weight is 280 g/mol. The van der Waals surface area contributed by atoms with Crippen LogP contribution in [0, 0.1) is 0 Å². The molecule has 2 atom stereocenters. The number of aryl methyl sites for hydroxylation is 1. The molecule has 0 radical (unpaired) electrons. The highest BCUT2D eigenvalue weighted by molar-refractivity contribution is 6.21. The molecule has 0 amide bonds. The summed E-state index contributed by atoms with van der Waals surface area (Å²) in [6.45, 7) is 1.18. The Kier molecular flexibility index (Phi) is 6.19. The number of alkyl halides is 1. The Morgan fingerprint density at radius 2 is 1.84 bits per heavy atom. The van der Waals surface area contributed by atoms with E-state index in [1.807, 2.05) is 0 Å². The molecule has 0 N–H and O–H groups in total. The third-order valence-electron chi connectivity index (χ3n) is 4.28. The number of unbranched alkanes of at least 4 members (excludes halogenated alkanes) is 1. The Bertz CT molecular complexity index is 352. The molecule has 1 aromatic carbocycles.